The molecule has 78 heavy (non-hydrogen) atoms. The van der Waals surface area contributed by atoms with Gasteiger partial charge in [0.1, 0.15) is 0 Å². The summed E-state index contributed by atoms with van der Waals surface area (Å²) in [6.07, 6.45) is 19.1. The van der Waals surface area contributed by atoms with Crippen molar-refractivity contribution in [3.8, 4) is 0 Å². The van der Waals surface area contributed by atoms with Gasteiger partial charge >= 0.3 is 0 Å². The van der Waals surface area contributed by atoms with Gasteiger partial charge in [-0.3, -0.25) is 4.90 Å². The van der Waals surface area contributed by atoms with E-state index < -0.39 is 0 Å². The monoisotopic (exact) mass is 1110 g/mol. The van der Waals surface area contributed by atoms with Crippen LogP contribution in [-0.4, -0.2) is 248 Å². The van der Waals surface area contributed by atoms with Crippen LogP contribution in [0.2, 0.25) is 0 Å². The summed E-state index contributed by atoms with van der Waals surface area (Å²) in [7, 11) is 2.19. The lowest BCUT2D eigenvalue weighted by Gasteiger charge is -2.36. The molecule has 0 spiro atoms. The van der Waals surface area contributed by atoms with Crippen LogP contribution < -0.4 is 0 Å². The van der Waals surface area contributed by atoms with Crippen LogP contribution in [0.3, 0.4) is 0 Å². The summed E-state index contributed by atoms with van der Waals surface area (Å²) in [5.74, 6) is 1.80. The summed E-state index contributed by atoms with van der Waals surface area (Å²) < 4.78 is 32.8. The lowest BCUT2D eigenvalue weighted by atomic mass is 10.0. The van der Waals surface area contributed by atoms with Gasteiger partial charge in [-0.1, -0.05) is 27.2 Å². The number of piperidine rings is 3. The molecule has 470 valence electrons. The Morgan fingerprint density at radius 2 is 0.615 bits per heavy atom. The molecule has 5 saturated heterocycles. The highest BCUT2D eigenvalue weighted by molar-refractivity contribution is 4.75. The molecule has 13 nitrogen and oxygen atoms in total. The van der Waals surface area contributed by atoms with Crippen molar-refractivity contribution in [1.82, 2.24) is 34.3 Å². The predicted octanol–water partition coefficient (Wildman–Crippen LogP) is 12.1. The molecule has 5 aliphatic rings. The van der Waals surface area contributed by atoms with Crippen LogP contribution in [0.25, 0.3) is 0 Å². The second-order valence-electron chi connectivity index (χ2n) is 25.4. The third-order valence-corrected chi connectivity index (χ3v) is 14.7. The minimum absolute atomic E-state index is 0.373. The van der Waals surface area contributed by atoms with Gasteiger partial charge in [0.25, 0.3) is 0 Å². The van der Waals surface area contributed by atoms with Gasteiger partial charge in [-0.05, 0) is 219 Å². The van der Waals surface area contributed by atoms with E-state index in [-0.39, 0.29) is 0 Å². The van der Waals surface area contributed by atoms with Gasteiger partial charge in [-0.25, -0.2) is 0 Å². The zero-order chi connectivity index (χ0) is 58.4. The number of piperazine rings is 2. The van der Waals surface area contributed by atoms with Gasteiger partial charge in [-0.2, -0.15) is 0 Å². The molecule has 0 amide bonds. The molecule has 0 N–H and O–H groups in total. The van der Waals surface area contributed by atoms with Crippen LogP contribution in [-0.2, 0) is 28.4 Å². The molecule has 2 atom stereocenters. The molecule has 0 aromatic rings. The first-order valence-electron chi connectivity index (χ1n) is 32.9. The Balaban J connectivity index is 0.000000923. The Kier molecular flexibility index (Phi) is 51.7. The molecular weight excluding hydrogens is 975 g/mol. The Morgan fingerprint density at radius 3 is 0.897 bits per heavy atom. The lowest BCUT2D eigenvalue weighted by molar-refractivity contribution is 0.0604. The standard InChI is InChI=1S/C13H28N2O.2C12H25NO.C11H24N2O.C11H23NO.C6H14O/c1-12(2)15-9-7-14(8-10-15)6-5-11-16-13(3)4;2*1-11(2)14-9-5-8-13-7-4-6-12(3)10-13;1-11(2)14-10-4-5-13-8-6-12(3)7-9-13;1-11(2)13-10-6-9-12-7-4-3-5-8-12;1-4-5-7-6(2)3/h12-13H,5-11H2,1-4H3;2*11-12H,4-10H2,1-3H3;11H,4-10H2,1-3H3;11H,3-10H2,1-2H3;6H,4-5H2,1-3H3/t;12-;;;;/m.0..../s1. The van der Waals surface area contributed by atoms with Gasteiger partial charge < -0.3 is 57.8 Å². The zero-order valence-corrected chi connectivity index (χ0v) is 55.6. The fourth-order valence-corrected chi connectivity index (χ4v) is 10.1. The quantitative estimate of drug-likeness (QED) is 0.0668. The van der Waals surface area contributed by atoms with Crippen molar-refractivity contribution in [3.05, 3.63) is 0 Å². The summed E-state index contributed by atoms with van der Waals surface area (Å²) in [4.78, 5) is 17.8. The molecular formula is C65H139N7O6. The summed E-state index contributed by atoms with van der Waals surface area (Å²) in [5, 5.41) is 0. The van der Waals surface area contributed by atoms with Crippen molar-refractivity contribution in [2.24, 2.45) is 11.8 Å². The predicted molar refractivity (Wildman–Crippen MR) is 337 cm³/mol. The molecule has 0 radical (unpaired) electrons. The summed E-state index contributed by atoms with van der Waals surface area (Å²) in [5.41, 5.74) is 0. The second kappa shape index (κ2) is 52.1. The normalized spacial score (nSPS) is 20.7. The van der Waals surface area contributed by atoms with Crippen LogP contribution in [0.1, 0.15) is 201 Å². The Morgan fingerprint density at radius 1 is 0.333 bits per heavy atom. The molecule has 13 heteroatoms. The van der Waals surface area contributed by atoms with E-state index in [0.717, 1.165) is 57.9 Å². The lowest BCUT2D eigenvalue weighted by Crippen LogP contribution is -2.49. The number of hydrogen-bond donors (Lipinski definition) is 0. The van der Waals surface area contributed by atoms with Crippen molar-refractivity contribution in [2.45, 2.75) is 244 Å². The minimum atomic E-state index is 0.373. The first kappa shape index (κ1) is 77.5. The Hall–Kier alpha value is -0.520. The fraction of sp³-hybridized carbons (Fsp3) is 1.00. The number of nitrogens with zero attached hydrogens (tertiary/aromatic N) is 7. The van der Waals surface area contributed by atoms with Gasteiger partial charge in [0.15, 0.2) is 0 Å². The van der Waals surface area contributed by atoms with Gasteiger partial charge in [0.05, 0.1) is 36.6 Å². The topological polar surface area (TPSA) is 78.1 Å². The number of rotatable bonds is 29. The van der Waals surface area contributed by atoms with Gasteiger partial charge in [0.2, 0.25) is 0 Å². The van der Waals surface area contributed by atoms with Crippen molar-refractivity contribution < 1.29 is 28.4 Å². The zero-order valence-electron chi connectivity index (χ0n) is 55.6. The summed E-state index contributed by atoms with van der Waals surface area (Å²) in [6, 6.07) is 0.700. The molecule has 5 rings (SSSR count). The average Bonchev–Trinajstić information content (AvgIpc) is 3.39. The molecule has 5 heterocycles. The first-order valence-corrected chi connectivity index (χ1v) is 32.9. The molecule has 5 fully saturated rings. The van der Waals surface area contributed by atoms with E-state index in [9.17, 15) is 0 Å². The maximum Gasteiger partial charge on any atom is 0.0518 e. The van der Waals surface area contributed by atoms with Gasteiger partial charge in [0, 0.05) is 144 Å². The van der Waals surface area contributed by atoms with E-state index >= 15 is 0 Å². The number of ether oxygens (including phenoxy) is 6. The largest absolute Gasteiger partial charge is 0.379 e. The van der Waals surface area contributed by atoms with E-state index in [1.165, 1.54) is 201 Å². The van der Waals surface area contributed by atoms with Crippen molar-refractivity contribution >= 4 is 0 Å². The fourth-order valence-electron chi connectivity index (χ4n) is 10.1. The number of hydrogen-bond acceptors (Lipinski definition) is 13. The molecule has 0 aliphatic carbocycles. The van der Waals surface area contributed by atoms with Crippen LogP contribution >= 0.6 is 0 Å². The van der Waals surface area contributed by atoms with Crippen LogP contribution in [0.4, 0.5) is 0 Å². The summed E-state index contributed by atoms with van der Waals surface area (Å²) >= 11 is 0. The molecule has 0 aromatic carbocycles. The van der Waals surface area contributed by atoms with Crippen molar-refractivity contribution in [2.75, 3.05) is 171 Å². The highest BCUT2D eigenvalue weighted by Crippen LogP contribution is 2.17. The van der Waals surface area contributed by atoms with Crippen LogP contribution in [0.5, 0.6) is 0 Å². The first-order chi connectivity index (χ1) is 37.2. The number of likely N-dealkylation sites (tertiary alicyclic amines) is 3. The van der Waals surface area contributed by atoms with Crippen LogP contribution in [0.15, 0.2) is 0 Å². The van der Waals surface area contributed by atoms with E-state index in [1.54, 1.807) is 0 Å². The summed E-state index contributed by atoms with van der Waals surface area (Å²) in [6.45, 7) is 65.6. The van der Waals surface area contributed by atoms with Crippen LogP contribution in [0, 0.1) is 11.8 Å². The van der Waals surface area contributed by atoms with E-state index in [4.69, 9.17) is 28.4 Å². The van der Waals surface area contributed by atoms with E-state index in [1.807, 2.05) is 0 Å². The highest BCUT2D eigenvalue weighted by Gasteiger charge is 2.19. The SMILES string of the molecule is CC(C)OCCCN1CCCCC1.CC(C)OCCCN1CCC[C@H](C)C1.CC(C)OCCCN1CCN(C(C)C)CC1.CC(C)OCCCN1CCN(C)CC1.CC1CCCN(CCCOC(C)C)C1.CCCOC(C)C. The average molecular weight is 1110 g/mol. The Bertz CT molecular complexity index is 1190. The Labute approximate surface area is 487 Å². The molecule has 0 saturated carbocycles. The number of likely N-dealkylation sites (N-methyl/N-ethyl adjacent to an activating group) is 1. The maximum atomic E-state index is 5.56. The highest BCUT2D eigenvalue weighted by atomic mass is 16.5. The van der Waals surface area contributed by atoms with Crippen molar-refractivity contribution in [1.29, 1.82) is 0 Å². The molecule has 5 aliphatic heterocycles. The third-order valence-electron chi connectivity index (χ3n) is 14.7. The third kappa shape index (κ3) is 51.1. The van der Waals surface area contributed by atoms with Gasteiger partial charge in [-0.15, -0.1) is 0 Å². The smallest absolute Gasteiger partial charge is 0.0518 e. The van der Waals surface area contributed by atoms with Crippen molar-refractivity contribution in [3.63, 3.8) is 0 Å². The minimum Gasteiger partial charge on any atom is -0.379 e. The van der Waals surface area contributed by atoms with E-state index in [0.29, 0.717) is 42.7 Å². The van der Waals surface area contributed by atoms with E-state index in [2.05, 4.69) is 159 Å². The molecule has 0 bridgehead atoms. The molecule has 0 aromatic heterocycles. The maximum absolute atomic E-state index is 5.56. The second-order valence-corrected chi connectivity index (χ2v) is 25.4. The molecule has 1 unspecified atom stereocenters.